The van der Waals surface area contributed by atoms with Crippen molar-refractivity contribution in [2.24, 2.45) is 5.73 Å². The molecule has 0 unspecified atom stereocenters. The van der Waals surface area contributed by atoms with Crippen molar-refractivity contribution in [2.75, 3.05) is 26.7 Å². The Morgan fingerprint density at radius 3 is 2.72 bits per heavy atom. The molecule has 2 N–H and O–H groups in total. The number of hydrogen-bond acceptors (Lipinski definition) is 4. The van der Waals surface area contributed by atoms with Crippen molar-refractivity contribution >= 4 is 27.7 Å². The highest BCUT2D eigenvalue weighted by Crippen LogP contribution is 2.30. The lowest BCUT2D eigenvalue weighted by Crippen LogP contribution is -2.35. The van der Waals surface area contributed by atoms with Gasteiger partial charge in [0.25, 0.3) is 0 Å². The van der Waals surface area contributed by atoms with E-state index in [-0.39, 0.29) is 5.91 Å². The summed E-state index contributed by atoms with van der Waals surface area (Å²) in [7, 11) is 1.73. The maximum Gasteiger partial charge on any atom is 0.248 e. The van der Waals surface area contributed by atoms with Gasteiger partial charge in [0.05, 0.1) is 12.6 Å². The number of benzene rings is 2. The lowest BCUT2D eigenvalue weighted by molar-refractivity contribution is 0.100. The number of primary amides is 1. The number of carbonyl (C=O) groups excluding carboxylic acids is 1. The predicted molar refractivity (Wildman–Crippen MR) is 127 cm³/mol. The number of carbonyl (C=O) groups is 1. The van der Waals surface area contributed by atoms with Gasteiger partial charge in [0.15, 0.2) is 0 Å². The molecule has 0 aliphatic carbocycles. The maximum absolute atomic E-state index is 11.6. The van der Waals surface area contributed by atoms with Crippen LogP contribution in [-0.2, 0) is 6.42 Å². The summed E-state index contributed by atoms with van der Waals surface area (Å²) in [4.78, 5) is 18.7. The van der Waals surface area contributed by atoms with Crippen LogP contribution >= 0.6 is 0 Å². The summed E-state index contributed by atoms with van der Waals surface area (Å²) in [6, 6.07) is 16.4. The summed E-state index contributed by atoms with van der Waals surface area (Å²) in [6.45, 7) is 3.07. The Morgan fingerprint density at radius 1 is 1.12 bits per heavy atom. The Morgan fingerprint density at radius 2 is 1.94 bits per heavy atom. The van der Waals surface area contributed by atoms with Gasteiger partial charge in [-0.05, 0) is 61.0 Å². The van der Waals surface area contributed by atoms with Crippen LogP contribution in [0.2, 0.25) is 0 Å². The van der Waals surface area contributed by atoms with Crippen LogP contribution < -0.4 is 10.5 Å². The second kappa shape index (κ2) is 8.63. The van der Waals surface area contributed by atoms with E-state index in [4.69, 9.17) is 10.5 Å². The topological polar surface area (TPSA) is 73.4 Å². The van der Waals surface area contributed by atoms with Gasteiger partial charge in [0, 0.05) is 60.1 Å². The molecule has 2 aromatic carbocycles. The predicted octanol–water partition coefficient (Wildman–Crippen LogP) is 4.18. The molecule has 1 aliphatic heterocycles. The minimum atomic E-state index is -0.382. The SMILES string of the molecule is COc1ccc2cccnc2c1CCN1CCC(n2ccc3ccc(C(N)=O)cc32)CC1. The summed E-state index contributed by atoms with van der Waals surface area (Å²) < 4.78 is 7.95. The lowest BCUT2D eigenvalue weighted by Gasteiger charge is -2.33. The molecule has 3 heterocycles. The summed E-state index contributed by atoms with van der Waals surface area (Å²) in [6.07, 6.45) is 7.06. The van der Waals surface area contributed by atoms with Gasteiger partial charge in [-0.3, -0.25) is 9.78 Å². The minimum absolute atomic E-state index is 0.382. The number of ether oxygens (including phenoxy) is 1. The van der Waals surface area contributed by atoms with Crippen LogP contribution in [0.15, 0.2) is 60.9 Å². The fourth-order valence-corrected chi connectivity index (χ4v) is 4.93. The number of fused-ring (bicyclic) bond motifs is 2. The van der Waals surface area contributed by atoms with Gasteiger partial charge in [0.2, 0.25) is 5.91 Å². The zero-order valence-electron chi connectivity index (χ0n) is 18.3. The van der Waals surface area contributed by atoms with E-state index in [0.29, 0.717) is 11.6 Å². The molecule has 6 nitrogen and oxygen atoms in total. The van der Waals surface area contributed by atoms with Crippen molar-refractivity contribution in [3.63, 3.8) is 0 Å². The fraction of sp³-hybridized carbons (Fsp3) is 0.308. The molecule has 2 aromatic heterocycles. The van der Waals surface area contributed by atoms with Crippen LogP contribution in [0.4, 0.5) is 0 Å². The average molecular weight is 429 g/mol. The van der Waals surface area contributed by atoms with Crippen molar-refractivity contribution in [2.45, 2.75) is 25.3 Å². The van der Waals surface area contributed by atoms with E-state index in [2.05, 4.69) is 38.8 Å². The third-order valence-electron chi connectivity index (χ3n) is 6.69. The number of aromatic nitrogens is 2. The Hall–Kier alpha value is -3.38. The second-order valence-corrected chi connectivity index (χ2v) is 8.51. The van der Waals surface area contributed by atoms with Gasteiger partial charge in [0.1, 0.15) is 5.75 Å². The number of piperidine rings is 1. The normalized spacial score (nSPS) is 15.4. The molecule has 1 fully saturated rings. The van der Waals surface area contributed by atoms with E-state index < -0.39 is 0 Å². The molecule has 0 atom stereocenters. The maximum atomic E-state index is 11.6. The van der Waals surface area contributed by atoms with Crippen molar-refractivity contribution in [3.05, 3.63) is 72.1 Å². The summed E-state index contributed by atoms with van der Waals surface area (Å²) in [5, 5.41) is 2.30. The van der Waals surface area contributed by atoms with Crippen LogP contribution in [0.5, 0.6) is 5.75 Å². The summed E-state index contributed by atoms with van der Waals surface area (Å²) in [5.41, 5.74) is 9.36. The molecule has 32 heavy (non-hydrogen) atoms. The molecular formula is C26H28N4O2. The third kappa shape index (κ3) is 3.82. The zero-order chi connectivity index (χ0) is 22.1. The number of amides is 1. The highest BCUT2D eigenvalue weighted by Gasteiger charge is 2.22. The smallest absolute Gasteiger partial charge is 0.248 e. The van der Waals surface area contributed by atoms with E-state index >= 15 is 0 Å². The standard InChI is InChI=1S/C26H28N4O2/c1-32-24-7-6-19-3-2-12-28-25(19)22(24)11-15-29-13-9-21(10-14-29)30-16-8-18-4-5-20(26(27)31)17-23(18)30/h2-8,12,16-17,21H,9-11,13-15H2,1H3,(H2,27,31). The minimum Gasteiger partial charge on any atom is -0.496 e. The van der Waals surface area contributed by atoms with Gasteiger partial charge in [-0.15, -0.1) is 0 Å². The van der Waals surface area contributed by atoms with Crippen LogP contribution in [0.3, 0.4) is 0 Å². The molecule has 0 bridgehead atoms. The number of methoxy groups -OCH3 is 1. The summed E-state index contributed by atoms with van der Waals surface area (Å²) >= 11 is 0. The molecule has 6 heteroatoms. The van der Waals surface area contributed by atoms with E-state index in [9.17, 15) is 4.79 Å². The lowest BCUT2D eigenvalue weighted by atomic mass is 10.0. The number of nitrogens with two attached hydrogens (primary N) is 1. The van der Waals surface area contributed by atoms with Crippen LogP contribution in [0, 0.1) is 0 Å². The largest absolute Gasteiger partial charge is 0.496 e. The first-order valence-corrected chi connectivity index (χ1v) is 11.2. The number of nitrogens with zero attached hydrogens (tertiary/aromatic N) is 3. The van der Waals surface area contributed by atoms with Gasteiger partial charge < -0.3 is 19.9 Å². The molecule has 1 saturated heterocycles. The zero-order valence-corrected chi connectivity index (χ0v) is 18.3. The first-order chi connectivity index (χ1) is 15.6. The quantitative estimate of drug-likeness (QED) is 0.500. The van der Waals surface area contributed by atoms with Crippen LogP contribution in [-0.4, -0.2) is 47.1 Å². The number of hydrogen-bond donors (Lipinski definition) is 1. The molecule has 4 aromatic rings. The molecule has 0 spiro atoms. The molecular weight excluding hydrogens is 400 g/mol. The molecule has 164 valence electrons. The monoisotopic (exact) mass is 428 g/mol. The van der Waals surface area contributed by atoms with E-state index in [1.807, 2.05) is 30.5 Å². The molecule has 5 rings (SSSR count). The van der Waals surface area contributed by atoms with E-state index in [1.54, 1.807) is 13.2 Å². The first kappa shape index (κ1) is 20.5. The highest BCUT2D eigenvalue weighted by molar-refractivity contribution is 5.97. The summed E-state index contributed by atoms with van der Waals surface area (Å²) in [5.74, 6) is 0.531. The van der Waals surface area contributed by atoms with Crippen LogP contribution in [0.25, 0.3) is 21.8 Å². The fourth-order valence-electron chi connectivity index (χ4n) is 4.93. The number of likely N-dealkylation sites (tertiary alicyclic amines) is 1. The van der Waals surface area contributed by atoms with Crippen molar-refractivity contribution in [1.82, 2.24) is 14.5 Å². The third-order valence-corrected chi connectivity index (χ3v) is 6.69. The van der Waals surface area contributed by atoms with Gasteiger partial charge >= 0.3 is 0 Å². The Bertz CT molecular complexity index is 1270. The van der Waals surface area contributed by atoms with Gasteiger partial charge in [-0.2, -0.15) is 0 Å². The van der Waals surface area contributed by atoms with Gasteiger partial charge in [-0.25, -0.2) is 0 Å². The van der Waals surface area contributed by atoms with Crippen molar-refractivity contribution in [3.8, 4) is 5.75 Å². The molecule has 1 aliphatic rings. The Kier molecular flexibility index (Phi) is 5.53. The highest BCUT2D eigenvalue weighted by atomic mass is 16.5. The Balaban J connectivity index is 1.27. The van der Waals surface area contributed by atoms with Crippen molar-refractivity contribution < 1.29 is 9.53 Å². The van der Waals surface area contributed by atoms with Crippen LogP contribution in [0.1, 0.15) is 34.8 Å². The first-order valence-electron chi connectivity index (χ1n) is 11.2. The van der Waals surface area contributed by atoms with E-state index in [0.717, 1.165) is 66.5 Å². The Labute approximate surface area is 187 Å². The molecule has 1 amide bonds. The van der Waals surface area contributed by atoms with Gasteiger partial charge in [-0.1, -0.05) is 12.1 Å². The van der Waals surface area contributed by atoms with Crippen molar-refractivity contribution in [1.29, 1.82) is 0 Å². The number of rotatable bonds is 6. The second-order valence-electron chi connectivity index (χ2n) is 8.51. The molecule has 0 saturated carbocycles. The number of pyridine rings is 1. The average Bonchev–Trinajstić information content (AvgIpc) is 3.26. The molecule has 0 radical (unpaired) electrons. The van der Waals surface area contributed by atoms with E-state index in [1.165, 1.54) is 5.56 Å².